The number of nitrogens with zero attached hydrogens (tertiary/aromatic N) is 1. The van der Waals surface area contributed by atoms with Crippen LogP contribution in [-0.2, 0) is 13.1 Å². The maximum absolute atomic E-state index is 13.2. The molecule has 2 rings (SSSR count). The first-order chi connectivity index (χ1) is 10.0. The van der Waals surface area contributed by atoms with Crippen LogP contribution in [0.2, 0.25) is 0 Å². The maximum Gasteiger partial charge on any atom is 0.125 e. The molecule has 21 heavy (non-hydrogen) atoms. The van der Waals surface area contributed by atoms with Crippen LogP contribution in [0.5, 0.6) is 0 Å². The van der Waals surface area contributed by atoms with Gasteiger partial charge in [-0.3, -0.25) is 0 Å². The van der Waals surface area contributed by atoms with Gasteiger partial charge in [-0.05, 0) is 29.3 Å². The van der Waals surface area contributed by atoms with E-state index < -0.39 is 0 Å². The average Bonchev–Trinajstić information content (AvgIpc) is 2.46. The van der Waals surface area contributed by atoms with Crippen LogP contribution in [0.1, 0.15) is 25.0 Å². The van der Waals surface area contributed by atoms with E-state index in [1.807, 2.05) is 18.0 Å². The van der Waals surface area contributed by atoms with E-state index in [-0.39, 0.29) is 5.82 Å². The highest BCUT2D eigenvalue weighted by molar-refractivity contribution is 5.46. The van der Waals surface area contributed by atoms with Gasteiger partial charge >= 0.3 is 0 Å². The summed E-state index contributed by atoms with van der Waals surface area (Å²) in [5, 5.41) is 3.40. The fourth-order valence-corrected chi connectivity index (χ4v) is 2.16. The van der Waals surface area contributed by atoms with Crippen molar-refractivity contribution in [1.82, 2.24) is 5.32 Å². The predicted octanol–water partition coefficient (Wildman–Crippen LogP) is 3.96. The Morgan fingerprint density at radius 3 is 2.33 bits per heavy atom. The van der Waals surface area contributed by atoms with Crippen LogP contribution in [0.4, 0.5) is 10.1 Å². The zero-order valence-electron chi connectivity index (χ0n) is 12.9. The van der Waals surface area contributed by atoms with E-state index in [4.69, 9.17) is 0 Å². The summed E-state index contributed by atoms with van der Waals surface area (Å²) >= 11 is 0. The number of benzene rings is 2. The first kappa shape index (κ1) is 15.5. The lowest BCUT2D eigenvalue weighted by molar-refractivity contribution is 0.589. The second-order valence-electron chi connectivity index (χ2n) is 5.69. The molecule has 1 N–H and O–H groups in total. The first-order valence-corrected chi connectivity index (χ1v) is 7.32. The van der Waals surface area contributed by atoms with Gasteiger partial charge in [-0.25, -0.2) is 4.39 Å². The third kappa shape index (κ3) is 4.87. The van der Waals surface area contributed by atoms with Gasteiger partial charge in [0, 0.05) is 31.9 Å². The largest absolute Gasteiger partial charge is 0.370 e. The van der Waals surface area contributed by atoms with Crippen molar-refractivity contribution in [1.29, 1.82) is 0 Å². The zero-order valence-corrected chi connectivity index (χ0v) is 12.9. The molecule has 0 aliphatic carbocycles. The molecule has 2 aromatic rings. The van der Waals surface area contributed by atoms with Crippen molar-refractivity contribution >= 4 is 5.69 Å². The highest BCUT2D eigenvalue weighted by atomic mass is 19.1. The number of hydrogen-bond acceptors (Lipinski definition) is 2. The number of halogens is 1. The van der Waals surface area contributed by atoms with E-state index in [2.05, 4.69) is 43.4 Å². The van der Waals surface area contributed by atoms with E-state index in [0.29, 0.717) is 6.04 Å². The van der Waals surface area contributed by atoms with Crippen molar-refractivity contribution in [3.8, 4) is 0 Å². The zero-order chi connectivity index (χ0) is 15.2. The molecule has 2 aromatic carbocycles. The second kappa shape index (κ2) is 7.23. The Bertz CT molecular complexity index is 564. The highest BCUT2D eigenvalue weighted by Crippen LogP contribution is 2.17. The van der Waals surface area contributed by atoms with Gasteiger partial charge in [0.25, 0.3) is 0 Å². The molecule has 0 aliphatic rings. The van der Waals surface area contributed by atoms with E-state index in [1.165, 1.54) is 17.2 Å². The Balaban J connectivity index is 1.96. The molecule has 0 unspecified atom stereocenters. The summed E-state index contributed by atoms with van der Waals surface area (Å²) in [5.41, 5.74) is 3.39. The number of nitrogens with one attached hydrogen (secondary N) is 1. The van der Waals surface area contributed by atoms with Crippen molar-refractivity contribution in [3.63, 3.8) is 0 Å². The van der Waals surface area contributed by atoms with Crippen molar-refractivity contribution in [2.45, 2.75) is 33.0 Å². The SMILES string of the molecule is CC(C)NCc1ccc(CN(C)c2cccc(F)c2)cc1. The molecule has 2 nitrogen and oxygen atoms in total. The molecular formula is C18H23FN2. The molecule has 0 bridgehead atoms. The van der Waals surface area contributed by atoms with Crippen molar-refractivity contribution in [2.24, 2.45) is 0 Å². The summed E-state index contributed by atoms with van der Waals surface area (Å²) in [6.07, 6.45) is 0. The monoisotopic (exact) mass is 286 g/mol. The van der Waals surface area contributed by atoms with E-state index in [9.17, 15) is 4.39 Å². The number of rotatable bonds is 6. The van der Waals surface area contributed by atoms with E-state index in [0.717, 1.165) is 18.8 Å². The lowest BCUT2D eigenvalue weighted by Gasteiger charge is -2.19. The molecule has 0 spiro atoms. The van der Waals surface area contributed by atoms with Crippen molar-refractivity contribution in [2.75, 3.05) is 11.9 Å². The lowest BCUT2D eigenvalue weighted by atomic mass is 10.1. The Morgan fingerprint density at radius 1 is 1.05 bits per heavy atom. The molecule has 0 atom stereocenters. The molecule has 0 fully saturated rings. The molecule has 3 heteroatoms. The van der Waals surface area contributed by atoms with Gasteiger partial charge in [0.15, 0.2) is 0 Å². The van der Waals surface area contributed by atoms with Gasteiger partial charge in [-0.15, -0.1) is 0 Å². The predicted molar refractivity (Wildman–Crippen MR) is 86.9 cm³/mol. The standard InChI is InChI=1S/C18H23FN2/c1-14(2)20-12-15-7-9-16(10-8-15)13-21(3)18-6-4-5-17(19)11-18/h4-11,14,20H,12-13H2,1-3H3. The van der Waals surface area contributed by atoms with Gasteiger partial charge in [0.1, 0.15) is 5.82 Å². The Labute approximate surface area is 126 Å². The summed E-state index contributed by atoms with van der Waals surface area (Å²) in [6.45, 7) is 5.93. The van der Waals surface area contributed by atoms with Gasteiger partial charge in [-0.1, -0.05) is 44.2 Å². The van der Waals surface area contributed by atoms with E-state index >= 15 is 0 Å². The molecule has 0 heterocycles. The highest BCUT2D eigenvalue weighted by Gasteiger charge is 2.03. The maximum atomic E-state index is 13.2. The van der Waals surface area contributed by atoms with Crippen LogP contribution in [-0.4, -0.2) is 13.1 Å². The van der Waals surface area contributed by atoms with Crippen molar-refractivity contribution < 1.29 is 4.39 Å². The molecule has 112 valence electrons. The van der Waals surface area contributed by atoms with Gasteiger partial charge in [-0.2, -0.15) is 0 Å². The molecular weight excluding hydrogens is 263 g/mol. The minimum Gasteiger partial charge on any atom is -0.370 e. The summed E-state index contributed by atoms with van der Waals surface area (Å²) in [7, 11) is 1.98. The normalized spacial score (nSPS) is 10.9. The van der Waals surface area contributed by atoms with Crippen molar-refractivity contribution in [3.05, 3.63) is 65.5 Å². The third-order valence-electron chi connectivity index (χ3n) is 3.41. The molecule has 0 aliphatic heterocycles. The average molecular weight is 286 g/mol. The first-order valence-electron chi connectivity index (χ1n) is 7.32. The quantitative estimate of drug-likeness (QED) is 0.864. The van der Waals surface area contributed by atoms with Crippen LogP contribution >= 0.6 is 0 Å². The summed E-state index contributed by atoms with van der Waals surface area (Å²) < 4.78 is 13.2. The Morgan fingerprint density at radius 2 is 1.71 bits per heavy atom. The minimum absolute atomic E-state index is 0.200. The lowest BCUT2D eigenvalue weighted by Crippen LogP contribution is -2.21. The van der Waals surface area contributed by atoms with Crippen LogP contribution in [0.25, 0.3) is 0 Å². The van der Waals surface area contributed by atoms with Gasteiger partial charge in [0.2, 0.25) is 0 Å². The molecule has 0 amide bonds. The smallest absolute Gasteiger partial charge is 0.125 e. The third-order valence-corrected chi connectivity index (χ3v) is 3.41. The summed E-state index contributed by atoms with van der Waals surface area (Å²) in [5.74, 6) is -0.200. The topological polar surface area (TPSA) is 15.3 Å². The Hall–Kier alpha value is -1.87. The number of anilines is 1. The van der Waals surface area contributed by atoms with E-state index in [1.54, 1.807) is 12.1 Å². The molecule has 0 radical (unpaired) electrons. The molecule has 0 saturated heterocycles. The van der Waals surface area contributed by atoms with Crippen LogP contribution < -0.4 is 10.2 Å². The van der Waals surface area contributed by atoms with Gasteiger partial charge in [0.05, 0.1) is 0 Å². The minimum atomic E-state index is -0.200. The fraction of sp³-hybridized carbons (Fsp3) is 0.333. The molecule has 0 aromatic heterocycles. The summed E-state index contributed by atoms with van der Waals surface area (Å²) in [4.78, 5) is 2.05. The molecule has 0 saturated carbocycles. The second-order valence-corrected chi connectivity index (χ2v) is 5.69. The Kier molecular flexibility index (Phi) is 5.34. The van der Waals surface area contributed by atoms with Crippen LogP contribution in [0.3, 0.4) is 0 Å². The van der Waals surface area contributed by atoms with Crippen LogP contribution in [0.15, 0.2) is 48.5 Å². The summed E-state index contributed by atoms with van der Waals surface area (Å²) in [6, 6.07) is 15.7. The van der Waals surface area contributed by atoms with Gasteiger partial charge < -0.3 is 10.2 Å². The fourth-order valence-electron chi connectivity index (χ4n) is 2.16. The van der Waals surface area contributed by atoms with Crippen LogP contribution in [0, 0.1) is 5.82 Å². The number of hydrogen-bond donors (Lipinski definition) is 1.